The molecule has 6 fully saturated rings. The Balaban J connectivity index is 0.000000132. The van der Waals surface area contributed by atoms with Crippen LogP contribution in [0.4, 0.5) is 0 Å². The fourth-order valence-electron chi connectivity index (χ4n) is 6.71. The van der Waals surface area contributed by atoms with Gasteiger partial charge in [0.25, 0.3) is 11.8 Å². The van der Waals surface area contributed by atoms with Crippen LogP contribution >= 0.6 is 22.7 Å². The van der Waals surface area contributed by atoms with E-state index in [0.29, 0.717) is 23.9 Å². The molecule has 6 saturated heterocycles. The van der Waals surface area contributed by atoms with Gasteiger partial charge in [0.2, 0.25) is 0 Å². The van der Waals surface area contributed by atoms with Gasteiger partial charge in [0, 0.05) is 43.8 Å². The van der Waals surface area contributed by atoms with Gasteiger partial charge < -0.3 is 20.4 Å². The Hall–Kier alpha value is -2.92. The van der Waals surface area contributed by atoms with Crippen LogP contribution in [0.25, 0.3) is 20.3 Å². The summed E-state index contributed by atoms with van der Waals surface area (Å²) in [5.41, 5.74) is 0.913. The first-order chi connectivity index (χ1) is 19.6. The second kappa shape index (κ2) is 11.2. The Bertz CT molecular complexity index is 1340. The van der Waals surface area contributed by atoms with E-state index in [-0.39, 0.29) is 11.8 Å². The van der Waals surface area contributed by atoms with Crippen molar-refractivity contribution in [1.82, 2.24) is 30.4 Å². The molecule has 6 aliphatic rings. The van der Waals surface area contributed by atoms with Gasteiger partial charge in [0.15, 0.2) is 0 Å². The van der Waals surface area contributed by atoms with Crippen molar-refractivity contribution in [2.45, 2.75) is 37.8 Å². The lowest BCUT2D eigenvalue weighted by Crippen LogP contribution is -2.57. The highest BCUT2D eigenvalue weighted by Gasteiger charge is 2.36. The van der Waals surface area contributed by atoms with E-state index >= 15 is 0 Å². The summed E-state index contributed by atoms with van der Waals surface area (Å²) in [6.07, 6.45) is 10.2. The van der Waals surface area contributed by atoms with E-state index in [4.69, 9.17) is 0 Å². The average Bonchev–Trinajstić information content (AvgIpc) is 3.64. The lowest BCUT2D eigenvalue weighted by molar-refractivity contribution is 0.0619. The van der Waals surface area contributed by atoms with E-state index < -0.39 is 0 Å². The molecular weight excluding hydrogens is 541 g/mol. The minimum Gasteiger partial charge on any atom is -0.347 e. The molecule has 4 aromatic rings. The molecule has 10 rings (SSSR count). The first-order valence-corrected chi connectivity index (χ1v) is 16.0. The lowest BCUT2D eigenvalue weighted by Gasteiger charge is -2.44. The predicted molar refractivity (Wildman–Crippen MR) is 160 cm³/mol. The summed E-state index contributed by atoms with van der Waals surface area (Å²) in [6.45, 7) is 6.83. The third-order valence-corrected chi connectivity index (χ3v) is 11.2. The Morgan fingerprint density at radius 3 is 1.93 bits per heavy atom. The Kier molecular flexibility index (Phi) is 7.26. The van der Waals surface area contributed by atoms with Gasteiger partial charge in [-0.3, -0.25) is 19.6 Å². The van der Waals surface area contributed by atoms with Crippen LogP contribution in [0.2, 0.25) is 0 Å². The van der Waals surface area contributed by atoms with Crippen LogP contribution in [0.1, 0.15) is 45.0 Å². The molecule has 2 amide bonds. The molecule has 8 nitrogen and oxygen atoms in total. The lowest BCUT2D eigenvalue weighted by atomic mass is 9.84. The fraction of sp³-hybridized carbons (Fsp3) is 0.467. The van der Waals surface area contributed by atoms with Gasteiger partial charge in [-0.1, -0.05) is 0 Å². The smallest absolute Gasteiger partial charge is 0.261 e. The summed E-state index contributed by atoms with van der Waals surface area (Å²) in [5, 5.41) is 7.57. The van der Waals surface area contributed by atoms with E-state index in [1.54, 1.807) is 12.4 Å². The number of carbonyl (C=O) groups excluding carboxylic acids is 2. The highest BCUT2D eigenvalue weighted by Crippen LogP contribution is 2.30. The monoisotopic (exact) mass is 574 g/mol. The van der Waals surface area contributed by atoms with E-state index in [0.717, 1.165) is 43.1 Å². The molecule has 0 saturated carbocycles. The number of nitrogens with zero attached hydrogens (tertiary/aromatic N) is 4. The standard InChI is InChI=1S/2C15H17N3OS/c19-15(13-7-11-1-4-16-8-14(11)20-13)17-12-9-18-5-2-10(12)3-6-18;19-15(14-8-11-13(20-14)2-1-5-16-11)17-12-9-18-6-3-10(12)4-7-18/h1,4,7-8,10,12H,2-3,5-6,9H2,(H,17,19);1-2,5,8,10,12H,3-4,6-7,9H2,(H,17,19)/t2*12-/m11/s1. The Morgan fingerprint density at radius 1 is 0.775 bits per heavy atom. The zero-order chi connectivity index (χ0) is 27.1. The molecule has 2 N–H and O–H groups in total. The summed E-state index contributed by atoms with van der Waals surface area (Å²) in [7, 11) is 0. The van der Waals surface area contributed by atoms with Gasteiger partial charge in [-0.05, 0) is 99.4 Å². The first-order valence-electron chi connectivity index (χ1n) is 14.3. The van der Waals surface area contributed by atoms with E-state index in [1.807, 2.05) is 36.5 Å². The number of pyridine rings is 2. The summed E-state index contributed by atoms with van der Waals surface area (Å²) in [4.78, 5) is 39.7. The second-order valence-electron chi connectivity index (χ2n) is 11.5. The molecule has 4 aromatic heterocycles. The van der Waals surface area contributed by atoms with Gasteiger partial charge in [-0.2, -0.15) is 0 Å². The van der Waals surface area contributed by atoms with Crippen molar-refractivity contribution >= 4 is 54.8 Å². The van der Waals surface area contributed by atoms with Crippen LogP contribution in [0.3, 0.4) is 0 Å². The zero-order valence-electron chi connectivity index (χ0n) is 22.4. The topological polar surface area (TPSA) is 90.5 Å². The summed E-state index contributed by atoms with van der Waals surface area (Å²) in [6, 6.07) is 10.4. The van der Waals surface area contributed by atoms with Crippen molar-refractivity contribution < 1.29 is 9.59 Å². The van der Waals surface area contributed by atoms with Crippen LogP contribution < -0.4 is 10.6 Å². The minimum absolute atomic E-state index is 0.0618. The number of hydrogen-bond donors (Lipinski definition) is 2. The number of hydrogen-bond acceptors (Lipinski definition) is 8. The van der Waals surface area contributed by atoms with Crippen LogP contribution in [-0.2, 0) is 0 Å². The third kappa shape index (κ3) is 5.37. The highest BCUT2D eigenvalue weighted by atomic mass is 32.1. The van der Waals surface area contributed by atoms with Gasteiger partial charge >= 0.3 is 0 Å². The fourth-order valence-corrected chi connectivity index (χ4v) is 8.57. The highest BCUT2D eigenvalue weighted by molar-refractivity contribution is 7.21. The third-order valence-electron chi connectivity index (χ3n) is 9.00. The van der Waals surface area contributed by atoms with Crippen molar-refractivity contribution in [2.75, 3.05) is 39.3 Å². The van der Waals surface area contributed by atoms with Crippen molar-refractivity contribution in [1.29, 1.82) is 0 Å². The van der Waals surface area contributed by atoms with E-state index in [1.165, 1.54) is 74.5 Å². The molecule has 10 heterocycles. The molecule has 208 valence electrons. The largest absolute Gasteiger partial charge is 0.347 e. The molecule has 0 aromatic carbocycles. The van der Waals surface area contributed by atoms with E-state index in [9.17, 15) is 9.59 Å². The molecule has 2 atom stereocenters. The summed E-state index contributed by atoms with van der Waals surface area (Å²) >= 11 is 3.05. The van der Waals surface area contributed by atoms with Gasteiger partial charge in [0.05, 0.1) is 24.7 Å². The quantitative estimate of drug-likeness (QED) is 0.379. The number of thiophene rings is 2. The maximum absolute atomic E-state index is 12.4. The molecule has 0 unspecified atom stereocenters. The van der Waals surface area contributed by atoms with Crippen molar-refractivity contribution in [3.63, 3.8) is 0 Å². The maximum Gasteiger partial charge on any atom is 0.261 e. The second-order valence-corrected chi connectivity index (χ2v) is 13.6. The SMILES string of the molecule is O=C(N[C@@H]1CN2CCC1CC2)c1cc2ccncc2s1.O=C(N[C@@H]1CN2CCC1CC2)c1cc2ncccc2s1. The van der Waals surface area contributed by atoms with Gasteiger partial charge in [-0.25, -0.2) is 0 Å². The molecule has 4 bridgehead atoms. The minimum atomic E-state index is 0.0618. The van der Waals surface area contributed by atoms with Crippen molar-refractivity contribution in [3.05, 3.63) is 58.7 Å². The number of aromatic nitrogens is 2. The molecule has 10 heteroatoms. The molecular formula is C30H34N6O2S2. The van der Waals surface area contributed by atoms with Crippen LogP contribution in [0.15, 0.2) is 48.9 Å². The number of carbonyl (C=O) groups is 2. The first kappa shape index (κ1) is 26.0. The van der Waals surface area contributed by atoms with Crippen LogP contribution in [-0.4, -0.2) is 82.9 Å². The number of amides is 2. The number of nitrogens with one attached hydrogen (secondary N) is 2. The molecule has 0 aliphatic carbocycles. The van der Waals surface area contributed by atoms with Crippen molar-refractivity contribution in [3.8, 4) is 0 Å². The average molecular weight is 575 g/mol. The van der Waals surface area contributed by atoms with Crippen LogP contribution in [0, 0.1) is 11.8 Å². The van der Waals surface area contributed by atoms with Crippen LogP contribution in [0.5, 0.6) is 0 Å². The molecule has 0 spiro atoms. The molecule has 40 heavy (non-hydrogen) atoms. The number of rotatable bonds is 4. The Labute approximate surface area is 241 Å². The summed E-state index contributed by atoms with van der Waals surface area (Å²) < 4.78 is 2.15. The number of fused-ring (bicyclic) bond motifs is 8. The molecule has 6 aliphatic heterocycles. The Morgan fingerprint density at radius 2 is 1.38 bits per heavy atom. The van der Waals surface area contributed by atoms with E-state index in [2.05, 4.69) is 30.4 Å². The molecule has 0 radical (unpaired) electrons. The van der Waals surface area contributed by atoms with Gasteiger partial charge in [-0.15, -0.1) is 22.7 Å². The number of piperidine rings is 6. The predicted octanol–water partition coefficient (Wildman–Crippen LogP) is 4.24. The van der Waals surface area contributed by atoms with Gasteiger partial charge in [0.1, 0.15) is 0 Å². The summed E-state index contributed by atoms with van der Waals surface area (Å²) in [5.74, 6) is 1.47. The normalized spacial score (nSPS) is 28.7. The zero-order valence-corrected chi connectivity index (χ0v) is 24.1. The van der Waals surface area contributed by atoms with Crippen molar-refractivity contribution in [2.24, 2.45) is 11.8 Å². The maximum atomic E-state index is 12.4.